The predicted molar refractivity (Wildman–Crippen MR) is 103 cm³/mol. The second-order valence-corrected chi connectivity index (χ2v) is 6.31. The van der Waals surface area contributed by atoms with E-state index in [1.807, 2.05) is 44.2 Å². The van der Waals surface area contributed by atoms with E-state index >= 15 is 0 Å². The third-order valence-corrected chi connectivity index (χ3v) is 3.99. The van der Waals surface area contributed by atoms with Gasteiger partial charge in [-0.2, -0.15) is 0 Å². The van der Waals surface area contributed by atoms with Crippen molar-refractivity contribution in [1.29, 1.82) is 0 Å². The summed E-state index contributed by atoms with van der Waals surface area (Å²) in [6.45, 7) is 3.94. The van der Waals surface area contributed by atoms with E-state index in [4.69, 9.17) is 11.6 Å². The van der Waals surface area contributed by atoms with Crippen LogP contribution in [-0.4, -0.2) is 10.9 Å². The molecule has 0 spiro atoms. The fourth-order valence-electron chi connectivity index (χ4n) is 2.45. The zero-order chi connectivity index (χ0) is 17.8. The van der Waals surface area contributed by atoms with Crippen molar-refractivity contribution in [1.82, 2.24) is 4.98 Å². The average Bonchev–Trinajstić information content (AvgIpc) is 2.58. The molecule has 5 heteroatoms. The first-order valence-electron chi connectivity index (χ1n) is 7.87. The number of rotatable bonds is 4. The molecule has 3 aromatic rings. The highest BCUT2D eigenvalue weighted by Gasteiger charge is 2.10. The van der Waals surface area contributed by atoms with Crippen LogP contribution in [0.15, 0.2) is 60.9 Å². The molecule has 0 saturated carbocycles. The molecular formula is C20H18ClN3O. The Morgan fingerprint density at radius 1 is 1.00 bits per heavy atom. The van der Waals surface area contributed by atoms with Crippen LogP contribution >= 0.6 is 11.6 Å². The minimum Gasteiger partial charge on any atom is -0.354 e. The number of amides is 1. The first kappa shape index (κ1) is 17.0. The maximum Gasteiger partial charge on any atom is 0.257 e. The first-order chi connectivity index (χ1) is 12.0. The van der Waals surface area contributed by atoms with Crippen molar-refractivity contribution in [3.05, 3.63) is 82.6 Å². The largest absolute Gasteiger partial charge is 0.354 e. The highest BCUT2D eigenvalue weighted by molar-refractivity contribution is 6.31. The van der Waals surface area contributed by atoms with Crippen molar-refractivity contribution in [2.75, 3.05) is 10.6 Å². The molecule has 126 valence electrons. The Morgan fingerprint density at radius 2 is 1.84 bits per heavy atom. The lowest BCUT2D eigenvalue weighted by Gasteiger charge is -2.11. The van der Waals surface area contributed by atoms with Crippen molar-refractivity contribution in [3.63, 3.8) is 0 Å². The lowest BCUT2D eigenvalue weighted by Crippen LogP contribution is -2.13. The third-order valence-electron chi connectivity index (χ3n) is 3.76. The Kier molecular flexibility index (Phi) is 5.00. The number of nitrogens with zero attached hydrogens (tertiary/aromatic N) is 1. The number of benzene rings is 2. The summed E-state index contributed by atoms with van der Waals surface area (Å²) >= 11 is 6.00. The number of pyridine rings is 1. The van der Waals surface area contributed by atoms with E-state index in [2.05, 4.69) is 15.6 Å². The molecule has 0 aliphatic rings. The molecule has 0 fully saturated rings. The topological polar surface area (TPSA) is 54.0 Å². The van der Waals surface area contributed by atoms with Crippen molar-refractivity contribution < 1.29 is 4.79 Å². The standard InChI is InChI=1S/C20H18ClN3O/c1-13-4-3-5-17(8-13)23-18-9-15(11-22-12-18)20(25)24-19-10-16(21)7-6-14(19)2/h3-12,23H,1-2H3,(H,24,25). The second-order valence-electron chi connectivity index (χ2n) is 5.87. The third kappa shape index (κ3) is 4.37. The number of carbonyl (C=O) groups is 1. The van der Waals surface area contributed by atoms with Gasteiger partial charge in [-0.15, -0.1) is 0 Å². The summed E-state index contributed by atoms with van der Waals surface area (Å²) < 4.78 is 0. The zero-order valence-corrected chi connectivity index (χ0v) is 14.8. The van der Waals surface area contributed by atoms with Crippen LogP contribution in [-0.2, 0) is 0 Å². The lowest BCUT2D eigenvalue weighted by molar-refractivity contribution is 0.102. The van der Waals surface area contributed by atoms with Crippen LogP contribution in [0.1, 0.15) is 21.5 Å². The predicted octanol–water partition coefficient (Wildman–Crippen LogP) is 5.35. The van der Waals surface area contributed by atoms with Gasteiger partial charge in [-0.25, -0.2) is 0 Å². The maximum atomic E-state index is 12.5. The maximum absolute atomic E-state index is 12.5. The molecule has 0 atom stereocenters. The van der Waals surface area contributed by atoms with Gasteiger partial charge in [-0.05, 0) is 55.3 Å². The van der Waals surface area contributed by atoms with Gasteiger partial charge in [0.15, 0.2) is 0 Å². The Hall–Kier alpha value is -2.85. The van der Waals surface area contributed by atoms with Crippen LogP contribution in [0.5, 0.6) is 0 Å². The highest BCUT2D eigenvalue weighted by Crippen LogP contribution is 2.22. The number of nitrogens with one attached hydrogen (secondary N) is 2. The molecule has 0 saturated heterocycles. The molecule has 2 aromatic carbocycles. The molecule has 3 rings (SSSR count). The van der Waals surface area contributed by atoms with Crippen molar-refractivity contribution >= 4 is 34.6 Å². The van der Waals surface area contributed by atoms with Gasteiger partial charge in [-0.3, -0.25) is 9.78 Å². The Balaban J connectivity index is 1.78. The first-order valence-corrected chi connectivity index (χ1v) is 8.25. The minimum atomic E-state index is -0.231. The lowest BCUT2D eigenvalue weighted by atomic mass is 10.2. The van der Waals surface area contributed by atoms with Crippen LogP contribution in [0.3, 0.4) is 0 Å². The number of hydrogen-bond acceptors (Lipinski definition) is 3. The van der Waals surface area contributed by atoms with Gasteiger partial charge in [0.2, 0.25) is 0 Å². The molecule has 0 unspecified atom stereocenters. The molecule has 25 heavy (non-hydrogen) atoms. The SMILES string of the molecule is Cc1cccc(Nc2cncc(C(=O)Nc3cc(Cl)ccc3C)c2)c1. The van der Waals surface area contributed by atoms with Crippen LogP contribution in [0, 0.1) is 13.8 Å². The molecule has 0 bridgehead atoms. The minimum absolute atomic E-state index is 0.231. The number of anilines is 3. The van der Waals surface area contributed by atoms with Crippen LogP contribution in [0.4, 0.5) is 17.1 Å². The van der Waals surface area contributed by atoms with Crippen molar-refractivity contribution in [3.8, 4) is 0 Å². The summed E-state index contributed by atoms with van der Waals surface area (Å²) in [6.07, 6.45) is 3.22. The smallest absolute Gasteiger partial charge is 0.257 e. The monoisotopic (exact) mass is 351 g/mol. The van der Waals surface area contributed by atoms with E-state index in [0.717, 1.165) is 22.5 Å². The van der Waals surface area contributed by atoms with E-state index in [-0.39, 0.29) is 5.91 Å². The van der Waals surface area contributed by atoms with Gasteiger partial charge in [-0.1, -0.05) is 29.8 Å². The summed E-state index contributed by atoms with van der Waals surface area (Å²) in [4.78, 5) is 16.7. The van der Waals surface area contributed by atoms with Crippen molar-refractivity contribution in [2.45, 2.75) is 13.8 Å². The quantitative estimate of drug-likeness (QED) is 0.666. The van der Waals surface area contributed by atoms with E-state index < -0.39 is 0 Å². The molecule has 0 radical (unpaired) electrons. The van der Waals surface area contributed by atoms with Crippen LogP contribution in [0.25, 0.3) is 0 Å². The summed E-state index contributed by atoms with van der Waals surface area (Å²) in [5.41, 5.74) is 4.96. The summed E-state index contributed by atoms with van der Waals surface area (Å²) in [5.74, 6) is -0.231. The molecular weight excluding hydrogens is 334 g/mol. The van der Waals surface area contributed by atoms with E-state index in [1.165, 1.54) is 6.20 Å². The number of hydrogen-bond donors (Lipinski definition) is 2. The van der Waals surface area contributed by atoms with Gasteiger partial charge < -0.3 is 10.6 Å². The number of aryl methyl sites for hydroxylation is 2. The summed E-state index contributed by atoms with van der Waals surface area (Å²) in [6, 6.07) is 15.2. The van der Waals surface area contributed by atoms with Gasteiger partial charge in [0.05, 0.1) is 17.4 Å². The van der Waals surface area contributed by atoms with Gasteiger partial charge in [0.1, 0.15) is 0 Å². The van der Waals surface area contributed by atoms with E-state index in [1.54, 1.807) is 24.4 Å². The van der Waals surface area contributed by atoms with Crippen LogP contribution in [0.2, 0.25) is 5.02 Å². The number of aromatic nitrogens is 1. The fraction of sp³-hybridized carbons (Fsp3) is 0.100. The Morgan fingerprint density at radius 3 is 2.64 bits per heavy atom. The van der Waals surface area contributed by atoms with Gasteiger partial charge in [0.25, 0.3) is 5.91 Å². The molecule has 0 aliphatic heterocycles. The van der Waals surface area contributed by atoms with Gasteiger partial charge in [0, 0.05) is 22.6 Å². The van der Waals surface area contributed by atoms with Gasteiger partial charge >= 0.3 is 0 Å². The van der Waals surface area contributed by atoms with E-state index in [0.29, 0.717) is 16.3 Å². The average molecular weight is 352 g/mol. The van der Waals surface area contributed by atoms with Crippen molar-refractivity contribution in [2.24, 2.45) is 0 Å². The Bertz CT molecular complexity index is 924. The Labute approximate surface area is 151 Å². The molecule has 0 aliphatic carbocycles. The number of carbonyl (C=O) groups excluding carboxylic acids is 1. The summed E-state index contributed by atoms with van der Waals surface area (Å²) in [5, 5.41) is 6.71. The fourth-order valence-corrected chi connectivity index (χ4v) is 2.62. The highest BCUT2D eigenvalue weighted by atomic mass is 35.5. The number of halogens is 1. The second kappa shape index (κ2) is 7.36. The molecule has 1 amide bonds. The van der Waals surface area contributed by atoms with Crippen LogP contribution < -0.4 is 10.6 Å². The zero-order valence-electron chi connectivity index (χ0n) is 14.0. The normalized spacial score (nSPS) is 10.4. The molecule has 1 heterocycles. The van der Waals surface area contributed by atoms with E-state index in [9.17, 15) is 4.79 Å². The summed E-state index contributed by atoms with van der Waals surface area (Å²) in [7, 11) is 0. The molecule has 1 aromatic heterocycles. The molecule has 2 N–H and O–H groups in total. The molecule has 4 nitrogen and oxygen atoms in total.